The van der Waals surface area contributed by atoms with Gasteiger partial charge in [0.25, 0.3) is 0 Å². The number of halogens is 1. The Morgan fingerprint density at radius 3 is 0.865 bits per heavy atom. The molecule has 21 nitrogen and oxygen atoms in total. The number of carbonyl (C=O) groups is 10. The Morgan fingerprint density at radius 2 is 0.595 bits per heavy atom. The number of rotatable bonds is 49. The zero-order valence-electron chi connectivity index (χ0n) is 82.4. The van der Waals surface area contributed by atoms with Crippen LogP contribution in [0.25, 0.3) is 22.3 Å². The largest absolute Gasteiger partial charge is 0.481 e. The summed E-state index contributed by atoms with van der Waals surface area (Å²) < 4.78 is 55.9. The van der Waals surface area contributed by atoms with E-state index in [-0.39, 0.29) is 106 Å². The number of aliphatic carboxylic acids is 1. The molecule has 24 heteroatoms. The average Bonchev–Trinajstić information content (AvgIpc) is 1.62. The third-order valence-electron chi connectivity index (χ3n) is 21.3. The second kappa shape index (κ2) is 57.2. The molecule has 0 spiro atoms. The van der Waals surface area contributed by atoms with Crippen LogP contribution in [0.1, 0.15) is 391 Å². The van der Waals surface area contributed by atoms with E-state index < -0.39 is 104 Å². The number of amides is 1. The van der Waals surface area contributed by atoms with Crippen molar-refractivity contribution < 1.29 is 122 Å². The third kappa shape index (κ3) is 46.0. The molecule has 126 heavy (non-hydrogen) atoms. The first kappa shape index (κ1) is 113. The van der Waals surface area contributed by atoms with Crippen molar-refractivity contribution in [3.05, 3.63) is 119 Å². The van der Waals surface area contributed by atoms with Gasteiger partial charge in [-0.05, 0) is 224 Å². The van der Waals surface area contributed by atoms with Crippen LogP contribution in [0.15, 0.2) is 97.1 Å². The van der Waals surface area contributed by atoms with E-state index in [1.807, 2.05) is 90.1 Å². The summed E-state index contributed by atoms with van der Waals surface area (Å²) in [6.45, 7) is 36.1. The molecule has 2 atom stereocenters. The summed E-state index contributed by atoms with van der Waals surface area (Å²) in [4.78, 5) is 125. The van der Waals surface area contributed by atoms with Crippen LogP contribution in [0.5, 0.6) is 0 Å². The molecular formula is C102H159BClN2O19U. The quantitative estimate of drug-likeness (QED) is 0.0122. The van der Waals surface area contributed by atoms with Gasteiger partial charge in [-0.2, -0.15) is 0 Å². The molecular weight excluding hydrogens is 1840 g/mol. The Balaban J connectivity index is 0.00000103. The third-order valence-corrected chi connectivity index (χ3v) is 21.3. The monoisotopic (exact) mass is 2000 g/mol. The van der Waals surface area contributed by atoms with Crippen molar-refractivity contribution in [3.8, 4) is 22.3 Å². The summed E-state index contributed by atoms with van der Waals surface area (Å²) in [6.07, 6.45) is 29.8. The maximum atomic E-state index is 13.1. The SMILES string of the molecule is CC(C)(C)OC(=O)C(C)(CCCCCCCCCCCCCCCC(=O)O)C(=O)OC(C)(C)C.CC(C)(C)OC(=O)C(CCC(=O)OCC1c2ccccc2-c2ccccc21)NC(=O)CCCCCCCCCCCCCCCC(C)(C(=O)OC(C)(C)C)C(=O)OC(C)(C)C.CC(C)(C)OC(=O)C(N)CCC(=O)OCC1c2ccccc2-c2ccccc21.Cl.[3H][B][3H].[U]. The number of benzene rings is 4. The maximum absolute atomic E-state index is 13.1. The second-order valence-corrected chi connectivity index (χ2v) is 39.9. The average molecular weight is 2010 g/mol. The number of hydrogen-bond acceptors (Lipinski definition) is 19. The number of nitrogens with one attached hydrogen (secondary N) is 1. The van der Waals surface area contributed by atoms with E-state index in [2.05, 4.69) is 53.8 Å². The van der Waals surface area contributed by atoms with Gasteiger partial charge in [0.2, 0.25) is 5.91 Å². The molecule has 0 aromatic heterocycles. The van der Waals surface area contributed by atoms with Gasteiger partial charge in [0.15, 0.2) is 10.8 Å². The Hall–Kier alpha value is -7.05. The molecule has 1 radical (unpaired) electrons. The van der Waals surface area contributed by atoms with Crippen LogP contribution in [0.2, 0.25) is 0 Å². The number of hydrogen-bond donors (Lipinski definition) is 3. The molecule has 6 rings (SSSR count). The van der Waals surface area contributed by atoms with Gasteiger partial charge in [-0.15, -0.1) is 12.4 Å². The van der Waals surface area contributed by atoms with Gasteiger partial charge in [0.1, 0.15) is 58.9 Å². The van der Waals surface area contributed by atoms with Crippen LogP contribution in [0, 0.1) is 41.9 Å². The van der Waals surface area contributed by atoms with Gasteiger partial charge >= 0.3 is 53.7 Å². The molecule has 0 fully saturated rings. The van der Waals surface area contributed by atoms with E-state index in [0.29, 0.717) is 34.0 Å². The fourth-order valence-corrected chi connectivity index (χ4v) is 14.8. The van der Waals surface area contributed by atoms with Crippen LogP contribution in [-0.4, -0.2) is 135 Å². The van der Waals surface area contributed by atoms with Gasteiger partial charge in [0.05, 0.1) is 8.34 Å². The fraction of sp³-hybridized carbons (Fsp3) is 0.667. The summed E-state index contributed by atoms with van der Waals surface area (Å²) in [7, 11) is 0.500. The Morgan fingerprint density at radius 1 is 0.357 bits per heavy atom. The number of carboxylic acid groups (broad SMARTS) is 1. The molecule has 0 saturated heterocycles. The molecule has 1 amide bonds. The molecule has 2 aliphatic carbocycles. The van der Waals surface area contributed by atoms with Crippen molar-refractivity contribution in [2.45, 2.75) is 414 Å². The van der Waals surface area contributed by atoms with E-state index in [0.717, 1.165) is 119 Å². The first-order valence-electron chi connectivity index (χ1n) is 47.0. The number of carboxylic acids is 1. The number of nitrogens with two attached hydrogens (primary N) is 1. The van der Waals surface area contributed by atoms with Gasteiger partial charge in [-0.1, -0.05) is 251 Å². The standard InChI is InChI=1S/C51H77NO9.C28H52O6.C23H27NO4.BH2.ClH.U/c1-48(2,3)59-45(55)42(33-34-44(54)58-36-41-39-30-25-23-28-37(39)38-29-24-26-31-40(38)41)52-43(53)32-22-20-18-16-14-12-11-13-15-17-19-21-27-35-51(10,46(56)60-49(4,5)6)47(57)61-50(7,8)9;1-26(2,3)33-24(31)28(7,25(32)34-27(4,5)6)22-20-18-16-14-12-10-8-9-11-13-15-17-19-21-23(29)30;1-23(2,3)28-22(26)20(24)12-13-21(25)27-14-19-17-10-6-4-8-15(17)16-9-5-7-11-18(16)19;;;/h23-26,28-31,41-42H,11-22,27,32-36H2,1-10H3,(H,52,53);8-22H2,1-7H3,(H,29,30);4-11,19-20H,12-14,24H2,1-3H3;1H2;1H;/i;;;1T2;;. The van der Waals surface area contributed by atoms with E-state index in [4.69, 9.17) is 51.4 Å². The summed E-state index contributed by atoms with van der Waals surface area (Å²) in [5.74, 6) is -4.82. The molecule has 0 saturated carbocycles. The normalized spacial score (nSPS) is 13.2. The van der Waals surface area contributed by atoms with Crippen molar-refractivity contribution in [2.24, 2.45) is 16.6 Å². The summed E-state index contributed by atoms with van der Waals surface area (Å²) in [5.41, 5.74) is 8.51. The predicted octanol–water partition coefficient (Wildman–Crippen LogP) is 22.4. The number of fused-ring (bicyclic) bond motifs is 6. The van der Waals surface area contributed by atoms with E-state index in [9.17, 15) is 47.9 Å². The Labute approximate surface area is 790 Å². The van der Waals surface area contributed by atoms with E-state index in [1.165, 1.54) is 92.9 Å². The minimum atomic E-state index is -1.32. The van der Waals surface area contributed by atoms with Gasteiger partial charge in [-0.3, -0.25) is 43.2 Å². The summed E-state index contributed by atoms with van der Waals surface area (Å²) in [5, 5.41) is 11.5. The maximum Gasteiger partial charge on any atom is 0.329 e. The van der Waals surface area contributed by atoms with Crippen LogP contribution in [-0.2, 0) is 85.8 Å². The minimum Gasteiger partial charge on any atom is -0.481 e. The minimum absolute atomic E-state index is 0. The summed E-state index contributed by atoms with van der Waals surface area (Å²) in [6, 6.07) is 30.9. The molecule has 0 aliphatic heterocycles. The van der Waals surface area contributed by atoms with Crippen LogP contribution in [0.3, 0.4) is 0 Å². The number of esters is 8. The second-order valence-electron chi connectivity index (χ2n) is 39.9. The van der Waals surface area contributed by atoms with E-state index >= 15 is 0 Å². The number of unbranched alkanes of at least 4 members (excludes halogenated alkanes) is 24. The molecule has 0 bridgehead atoms. The Bertz CT molecular complexity index is 3860. The van der Waals surface area contributed by atoms with Gasteiger partial charge in [-0.25, -0.2) is 4.79 Å². The first-order chi connectivity index (χ1) is 58.9. The smallest absolute Gasteiger partial charge is 0.329 e. The summed E-state index contributed by atoms with van der Waals surface area (Å²) >= 11 is 0. The molecule has 4 aromatic carbocycles. The van der Waals surface area contributed by atoms with E-state index in [1.54, 1.807) is 96.9 Å². The zero-order valence-corrected chi connectivity index (χ0v) is 85.3. The van der Waals surface area contributed by atoms with Crippen LogP contribution < -0.4 is 11.1 Å². The first-order valence-corrected chi connectivity index (χ1v) is 45.9. The number of carbonyl (C=O) groups excluding carboxylic acids is 9. The topological polar surface area (TPSA) is 303 Å². The zero-order chi connectivity index (χ0) is 94.5. The van der Waals surface area contributed by atoms with Crippen molar-refractivity contribution >= 4 is 80.4 Å². The molecule has 4 aromatic rings. The molecule has 705 valence electrons. The van der Waals surface area contributed by atoms with Crippen molar-refractivity contribution in [2.75, 3.05) is 13.2 Å². The molecule has 2 aliphatic rings. The van der Waals surface area contributed by atoms with Gasteiger partial charge < -0.3 is 54.1 Å². The van der Waals surface area contributed by atoms with Crippen molar-refractivity contribution in [1.29, 1.82) is 2.67 Å². The Kier molecular flexibility index (Phi) is 51.3. The van der Waals surface area contributed by atoms with Crippen LogP contribution in [0.4, 0.5) is 0 Å². The molecule has 4 N–H and O–H groups in total. The van der Waals surface area contributed by atoms with Crippen molar-refractivity contribution in [1.82, 2.24) is 5.32 Å². The number of ether oxygens (including phenoxy) is 8. The van der Waals surface area contributed by atoms with Crippen molar-refractivity contribution in [3.63, 3.8) is 0 Å². The molecule has 2 unspecified atom stereocenters. The van der Waals surface area contributed by atoms with Gasteiger partial charge in [0, 0.05) is 68.6 Å². The van der Waals surface area contributed by atoms with Crippen LogP contribution >= 0.6 is 12.4 Å². The molecule has 0 heterocycles. The fourth-order valence-electron chi connectivity index (χ4n) is 14.8. The predicted molar refractivity (Wildman–Crippen MR) is 501 cm³/mol.